The lowest BCUT2D eigenvalue weighted by Crippen LogP contribution is -2.49. The fourth-order valence-corrected chi connectivity index (χ4v) is 3.80. The van der Waals surface area contributed by atoms with Gasteiger partial charge in [-0.25, -0.2) is 0 Å². The van der Waals surface area contributed by atoms with Crippen molar-refractivity contribution in [2.24, 2.45) is 0 Å². The molecule has 2 aromatic carbocycles. The Labute approximate surface area is 161 Å². The van der Waals surface area contributed by atoms with Crippen molar-refractivity contribution in [2.45, 2.75) is 25.9 Å². The van der Waals surface area contributed by atoms with Crippen molar-refractivity contribution in [3.05, 3.63) is 65.7 Å². The number of benzene rings is 2. The fourth-order valence-electron chi connectivity index (χ4n) is 3.50. The summed E-state index contributed by atoms with van der Waals surface area (Å²) in [6.07, 6.45) is 0. The van der Waals surface area contributed by atoms with E-state index in [1.54, 1.807) is 0 Å². The van der Waals surface area contributed by atoms with Gasteiger partial charge < -0.3 is 15.4 Å². The van der Waals surface area contributed by atoms with Crippen LogP contribution < -0.4 is 10.6 Å². The Hall–Kier alpha value is -1.95. The standard InChI is InChI=1S/C21H27N3OS/c1-16-7-6-10-19(15-16)23-21(26)22-17(2)20(18-8-4-3-5-9-18)24-11-13-25-14-12-24/h3-10,15,17,20H,11-14H2,1-2H3,(H2,22,23,26)/t17-,20-/m0/s1. The molecule has 0 unspecified atom stereocenters. The second kappa shape index (κ2) is 9.12. The number of rotatable bonds is 5. The van der Waals surface area contributed by atoms with Crippen LogP contribution in [0.3, 0.4) is 0 Å². The predicted octanol–water partition coefficient (Wildman–Crippen LogP) is 3.74. The Balaban J connectivity index is 1.70. The van der Waals surface area contributed by atoms with Crippen molar-refractivity contribution in [2.75, 3.05) is 31.6 Å². The van der Waals surface area contributed by atoms with Gasteiger partial charge in [-0.1, -0.05) is 42.5 Å². The van der Waals surface area contributed by atoms with E-state index in [1.807, 2.05) is 12.1 Å². The van der Waals surface area contributed by atoms with Gasteiger partial charge in [0.25, 0.3) is 0 Å². The molecule has 2 N–H and O–H groups in total. The Bertz CT molecular complexity index is 716. The first-order chi connectivity index (χ1) is 12.6. The Morgan fingerprint density at radius 1 is 1.08 bits per heavy atom. The predicted molar refractivity (Wildman–Crippen MR) is 112 cm³/mol. The zero-order valence-corrected chi connectivity index (χ0v) is 16.3. The number of thiocarbonyl (C=S) groups is 1. The van der Waals surface area contributed by atoms with E-state index in [0.717, 1.165) is 32.0 Å². The number of aryl methyl sites for hydroxylation is 1. The summed E-state index contributed by atoms with van der Waals surface area (Å²) in [5.74, 6) is 0. The first-order valence-electron chi connectivity index (χ1n) is 9.14. The molecule has 2 aromatic rings. The van der Waals surface area contributed by atoms with Crippen molar-refractivity contribution < 1.29 is 4.74 Å². The number of nitrogens with zero attached hydrogens (tertiary/aromatic N) is 1. The van der Waals surface area contributed by atoms with Gasteiger partial charge >= 0.3 is 0 Å². The van der Waals surface area contributed by atoms with Crippen LogP contribution >= 0.6 is 12.2 Å². The summed E-state index contributed by atoms with van der Waals surface area (Å²) in [6, 6.07) is 19.3. The summed E-state index contributed by atoms with van der Waals surface area (Å²) in [5.41, 5.74) is 3.52. The Morgan fingerprint density at radius 2 is 1.81 bits per heavy atom. The maximum Gasteiger partial charge on any atom is 0.171 e. The number of nitrogens with one attached hydrogen (secondary N) is 2. The molecule has 0 aromatic heterocycles. The van der Waals surface area contributed by atoms with E-state index in [4.69, 9.17) is 17.0 Å². The number of morpholine rings is 1. The molecule has 1 heterocycles. The maximum atomic E-state index is 5.56. The van der Waals surface area contributed by atoms with Gasteiger partial charge in [-0.2, -0.15) is 0 Å². The number of anilines is 1. The maximum absolute atomic E-state index is 5.56. The minimum Gasteiger partial charge on any atom is -0.379 e. The van der Waals surface area contributed by atoms with Gasteiger partial charge in [0.05, 0.1) is 19.3 Å². The van der Waals surface area contributed by atoms with Crippen LogP contribution in [0.2, 0.25) is 0 Å². The molecule has 0 spiro atoms. The van der Waals surface area contributed by atoms with Crippen molar-refractivity contribution in [1.29, 1.82) is 0 Å². The van der Waals surface area contributed by atoms with Crippen molar-refractivity contribution in [3.63, 3.8) is 0 Å². The molecule has 0 amide bonds. The van der Waals surface area contributed by atoms with Crippen LogP contribution in [0.4, 0.5) is 5.69 Å². The van der Waals surface area contributed by atoms with Crippen LogP contribution in [0.15, 0.2) is 54.6 Å². The summed E-state index contributed by atoms with van der Waals surface area (Å²) >= 11 is 5.56. The fraction of sp³-hybridized carbons (Fsp3) is 0.381. The molecule has 3 rings (SSSR count). The van der Waals surface area contributed by atoms with Gasteiger partial charge in [0.1, 0.15) is 0 Å². The number of hydrogen-bond donors (Lipinski definition) is 2. The zero-order valence-electron chi connectivity index (χ0n) is 15.4. The van der Waals surface area contributed by atoms with Crippen molar-refractivity contribution >= 4 is 23.0 Å². The molecule has 1 saturated heterocycles. The highest BCUT2D eigenvalue weighted by Gasteiger charge is 2.28. The lowest BCUT2D eigenvalue weighted by Gasteiger charge is -2.38. The summed E-state index contributed by atoms with van der Waals surface area (Å²) in [6.45, 7) is 7.70. The molecule has 1 aliphatic heterocycles. The Kier molecular flexibility index (Phi) is 6.61. The average molecular weight is 370 g/mol. The normalized spacial score (nSPS) is 17.3. The largest absolute Gasteiger partial charge is 0.379 e. The summed E-state index contributed by atoms with van der Waals surface area (Å²) in [5, 5.41) is 7.43. The van der Waals surface area contributed by atoms with Crippen LogP contribution in [0.1, 0.15) is 24.1 Å². The van der Waals surface area contributed by atoms with E-state index in [0.29, 0.717) is 5.11 Å². The number of ether oxygens (including phenoxy) is 1. The highest BCUT2D eigenvalue weighted by atomic mass is 32.1. The molecule has 0 radical (unpaired) electrons. The average Bonchev–Trinajstić information content (AvgIpc) is 2.63. The molecule has 2 atom stereocenters. The summed E-state index contributed by atoms with van der Waals surface area (Å²) in [4.78, 5) is 2.48. The second-order valence-electron chi connectivity index (χ2n) is 6.76. The first-order valence-corrected chi connectivity index (χ1v) is 9.55. The highest BCUT2D eigenvalue weighted by Crippen LogP contribution is 2.25. The van der Waals surface area contributed by atoms with E-state index in [9.17, 15) is 0 Å². The lowest BCUT2D eigenvalue weighted by molar-refractivity contribution is 0.0102. The van der Waals surface area contributed by atoms with Gasteiger partial charge in [-0.3, -0.25) is 4.90 Å². The smallest absolute Gasteiger partial charge is 0.171 e. The third-order valence-corrected chi connectivity index (χ3v) is 4.91. The molecule has 0 aliphatic carbocycles. The topological polar surface area (TPSA) is 36.5 Å². The molecular weight excluding hydrogens is 342 g/mol. The third kappa shape index (κ3) is 5.04. The van der Waals surface area contributed by atoms with Crippen molar-refractivity contribution in [1.82, 2.24) is 10.2 Å². The van der Waals surface area contributed by atoms with Crippen LogP contribution in [-0.4, -0.2) is 42.4 Å². The molecule has 26 heavy (non-hydrogen) atoms. The monoisotopic (exact) mass is 369 g/mol. The van der Waals surface area contributed by atoms with Gasteiger partial charge in [0, 0.05) is 24.8 Å². The van der Waals surface area contributed by atoms with E-state index < -0.39 is 0 Å². The molecule has 1 aliphatic rings. The van der Waals surface area contributed by atoms with E-state index in [1.165, 1.54) is 11.1 Å². The Morgan fingerprint density at radius 3 is 2.50 bits per heavy atom. The van der Waals surface area contributed by atoms with Crippen LogP contribution in [-0.2, 0) is 4.74 Å². The second-order valence-corrected chi connectivity index (χ2v) is 7.17. The van der Waals surface area contributed by atoms with Crippen LogP contribution in [0.5, 0.6) is 0 Å². The minimum atomic E-state index is 0.167. The highest BCUT2D eigenvalue weighted by molar-refractivity contribution is 7.80. The van der Waals surface area contributed by atoms with Crippen LogP contribution in [0, 0.1) is 6.92 Å². The lowest BCUT2D eigenvalue weighted by atomic mass is 9.98. The molecule has 0 saturated carbocycles. The van der Waals surface area contributed by atoms with E-state index in [2.05, 4.69) is 71.8 Å². The van der Waals surface area contributed by atoms with Gasteiger partial charge in [-0.15, -0.1) is 0 Å². The molecular formula is C21H27N3OS. The molecule has 0 bridgehead atoms. The van der Waals surface area contributed by atoms with Crippen molar-refractivity contribution in [3.8, 4) is 0 Å². The van der Waals surface area contributed by atoms with Crippen LogP contribution in [0.25, 0.3) is 0 Å². The van der Waals surface area contributed by atoms with Gasteiger partial charge in [0.15, 0.2) is 5.11 Å². The summed E-state index contributed by atoms with van der Waals surface area (Å²) in [7, 11) is 0. The summed E-state index contributed by atoms with van der Waals surface area (Å²) < 4.78 is 5.54. The quantitative estimate of drug-likeness (QED) is 0.785. The molecule has 4 nitrogen and oxygen atoms in total. The first kappa shape index (κ1) is 18.8. The molecule has 1 fully saturated rings. The zero-order chi connectivity index (χ0) is 18.4. The third-order valence-electron chi connectivity index (χ3n) is 4.69. The molecule has 138 valence electrons. The van der Waals surface area contributed by atoms with Gasteiger partial charge in [0.2, 0.25) is 0 Å². The molecule has 5 heteroatoms. The van der Waals surface area contributed by atoms with Gasteiger partial charge in [-0.05, 0) is 49.3 Å². The van der Waals surface area contributed by atoms with E-state index in [-0.39, 0.29) is 12.1 Å². The SMILES string of the molecule is Cc1cccc(NC(=S)N[C@@H](C)[C@@H](c2ccccc2)N2CCOCC2)c1. The minimum absolute atomic E-state index is 0.167. The number of hydrogen-bond acceptors (Lipinski definition) is 3. The van der Waals surface area contributed by atoms with E-state index >= 15 is 0 Å².